The summed E-state index contributed by atoms with van der Waals surface area (Å²) in [6, 6.07) is 25.4. The largest absolute Gasteiger partial charge is 0.489 e. The van der Waals surface area contributed by atoms with Crippen molar-refractivity contribution in [3.63, 3.8) is 0 Å². The van der Waals surface area contributed by atoms with Crippen molar-refractivity contribution in [3.05, 3.63) is 95.0 Å². The van der Waals surface area contributed by atoms with Crippen molar-refractivity contribution in [2.45, 2.75) is 6.61 Å². The smallest absolute Gasteiger partial charge is 0.119 e. The minimum atomic E-state index is 0.498. The molecule has 0 unspecified atom stereocenters. The first-order valence-electron chi connectivity index (χ1n) is 7.36. The second kappa shape index (κ2) is 7.61. The fraction of sp³-hybridized carbons (Fsp3) is 0.0500. The first-order chi connectivity index (χ1) is 11.3. The van der Waals surface area contributed by atoms with Crippen LogP contribution in [0.4, 0.5) is 5.69 Å². The van der Waals surface area contributed by atoms with E-state index >= 15 is 0 Å². The number of rotatable bonds is 5. The number of aliphatic imine (C=N–C) groups is 1. The fourth-order valence-corrected chi connectivity index (χ4v) is 2.32. The van der Waals surface area contributed by atoms with Crippen LogP contribution in [0.1, 0.15) is 11.1 Å². The minimum absolute atomic E-state index is 0.498. The quantitative estimate of drug-likeness (QED) is 0.555. The standard InChI is InChI=1S/C20H16ClNO/c21-18-6-4-5-17(13-18)15-23-20-11-9-16(10-12-20)14-22-19-7-2-1-3-8-19/h1-14H,15H2. The molecule has 0 aliphatic rings. The Labute approximate surface area is 141 Å². The van der Waals surface area contributed by atoms with Gasteiger partial charge in [0.05, 0.1) is 5.69 Å². The molecule has 0 saturated heterocycles. The zero-order valence-corrected chi connectivity index (χ0v) is 13.3. The third-order valence-electron chi connectivity index (χ3n) is 3.29. The van der Waals surface area contributed by atoms with E-state index in [0.717, 1.165) is 27.6 Å². The number of halogens is 1. The van der Waals surface area contributed by atoms with Crippen molar-refractivity contribution in [2.24, 2.45) is 4.99 Å². The van der Waals surface area contributed by atoms with E-state index in [-0.39, 0.29) is 0 Å². The van der Waals surface area contributed by atoms with Crippen LogP contribution in [0, 0.1) is 0 Å². The number of hydrogen-bond acceptors (Lipinski definition) is 2. The van der Waals surface area contributed by atoms with Crippen LogP contribution in [0.25, 0.3) is 0 Å². The molecule has 0 aliphatic heterocycles. The highest BCUT2D eigenvalue weighted by molar-refractivity contribution is 6.30. The van der Waals surface area contributed by atoms with Gasteiger partial charge in [0.2, 0.25) is 0 Å². The molecule has 0 radical (unpaired) electrons. The number of ether oxygens (including phenoxy) is 1. The fourth-order valence-electron chi connectivity index (χ4n) is 2.11. The molecule has 3 aromatic rings. The van der Waals surface area contributed by atoms with Gasteiger partial charge in [-0.3, -0.25) is 4.99 Å². The topological polar surface area (TPSA) is 21.6 Å². The van der Waals surface area contributed by atoms with Gasteiger partial charge in [0.15, 0.2) is 0 Å². The Morgan fingerprint density at radius 2 is 1.65 bits per heavy atom. The summed E-state index contributed by atoms with van der Waals surface area (Å²) < 4.78 is 5.76. The van der Waals surface area contributed by atoms with Crippen molar-refractivity contribution in [3.8, 4) is 5.75 Å². The molecule has 114 valence electrons. The summed E-state index contributed by atoms with van der Waals surface area (Å²) in [6.07, 6.45) is 1.84. The average Bonchev–Trinajstić information content (AvgIpc) is 2.60. The van der Waals surface area contributed by atoms with Crippen LogP contribution in [0.2, 0.25) is 5.02 Å². The molecule has 0 fully saturated rings. The molecule has 0 N–H and O–H groups in total. The van der Waals surface area contributed by atoms with Crippen LogP contribution in [0.5, 0.6) is 5.75 Å². The van der Waals surface area contributed by atoms with Gasteiger partial charge >= 0.3 is 0 Å². The summed E-state index contributed by atoms with van der Waals surface area (Å²) in [7, 11) is 0. The zero-order chi connectivity index (χ0) is 15.9. The van der Waals surface area contributed by atoms with E-state index in [1.165, 1.54) is 0 Å². The van der Waals surface area contributed by atoms with Crippen molar-refractivity contribution in [1.29, 1.82) is 0 Å². The Morgan fingerprint density at radius 1 is 0.870 bits per heavy atom. The van der Waals surface area contributed by atoms with E-state index in [1.54, 1.807) is 0 Å². The van der Waals surface area contributed by atoms with Gasteiger partial charge in [-0.1, -0.05) is 41.9 Å². The Hall–Kier alpha value is -2.58. The molecular formula is C20H16ClNO. The summed E-state index contributed by atoms with van der Waals surface area (Å²) >= 11 is 5.96. The van der Waals surface area contributed by atoms with E-state index in [9.17, 15) is 0 Å². The lowest BCUT2D eigenvalue weighted by Crippen LogP contribution is -1.95. The SMILES string of the molecule is Clc1cccc(COc2ccc(C=Nc3ccccc3)cc2)c1. The van der Waals surface area contributed by atoms with Crippen LogP contribution in [-0.4, -0.2) is 6.21 Å². The van der Waals surface area contributed by atoms with Crippen molar-refractivity contribution < 1.29 is 4.74 Å². The average molecular weight is 322 g/mol. The number of benzene rings is 3. The Bertz CT molecular complexity index is 782. The summed E-state index contributed by atoms with van der Waals surface area (Å²) in [6.45, 7) is 0.498. The van der Waals surface area contributed by atoms with Gasteiger partial charge in [-0.2, -0.15) is 0 Å². The molecule has 0 atom stereocenters. The molecule has 0 saturated carbocycles. The first kappa shape index (κ1) is 15.3. The lowest BCUT2D eigenvalue weighted by Gasteiger charge is -2.06. The Morgan fingerprint density at radius 3 is 2.39 bits per heavy atom. The molecule has 3 rings (SSSR count). The summed E-state index contributed by atoms with van der Waals surface area (Å²) in [5, 5.41) is 0.721. The normalized spacial score (nSPS) is 10.8. The van der Waals surface area contributed by atoms with Gasteiger partial charge in [-0.25, -0.2) is 0 Å². The molecule has 23 heavy (non-hydrogen) atoms. The van der Waals surface area contributed by atoms with E-state index in [0.29, 0.717) is 6.61 Å². The predicted molar refractivity (Wildman–Crippen MR) is 95.9 cm³/mol. The van der Waals surface area contributed by atoms with Gasteiger partial charge < -0.3 is 4.74 Å². The third-order valence-corrected chi connectivity index (χ3v) is 3.53. The predicted octanol–water partition coefficient (Wildman–Crippen LogP) is 5.67. The van der Waals surface area contributed by atoms with Crippen LogP contribution < -0.4 is 4.74 Å². The molecule has 0 spiro atoms. The van der Waals surface area contributed by atoms with Crippen molar-refractivity contribution in [1.82, 2.24) is 0 Å². The van der Waals surface area contributed by atoms with E-state index < -0.39 is 0 Å². The molecule has 0 aromatic heterocycles. The monoisotopic (exact) mass is 321 g/mol. The zero-order valence-electron chi connectivity index (χ0n) is 12.5. The van der Waals surface area contributed by atoms with Crippen LogP contribution >= 0.6 is 11.6 Å². The molecule has 0 aliphatic carbocycles. The molecule has 0 bridgehead atoms. The Balaban J connectivity index is 1.60. The molecule has 3 aromatic carbocycles. The highest BCUT2D eigenvalue weighted by Gasteiger charge is 1.97. The molecular weight excluding hydrogens is 306 g/mol. The van der Waals surface area contributed by atoms with Gasteiger partial charge in [0.25, 0.3) is 0 Å². The van der Waals surface area contributed by atoms with E-state index in [1.807, 2.05) is 85.1 Å². The minimum Gasteiger partial charge on any atom is -0.489 e. The number of para-hydroxylation sites is 1. The molecule has 0 amide bonds. The van der Waals surface area contributed by atoms with Crippen LogP contribution in [0.15, 0.2) is 83.9 Å². The van der Waals surface area contributed by atoms with Crippen LogP contribution in [-0.2, 0) is 6.61 Å². The first-order valence-corrected chi connectivity index (χ1v) is 7.74. The summed E-state index contributed by atoms with van der Waals surface area (Å²) in [4.78, 5) is 4.43. The van der Waals surface area contributed by atoms with Gasteiger partial charge in [0, 0.05) is 11.2 Å². The number of nitrogens with zero attached hydrogens (tertiary/aromatic N) is 1. The van der Waals surface area contributed by atoms with Crippen molar-refractivity contribution >= 4 is 23.5 Å². The van der Waals surface area contributed by atoms with Gasteiger partial charge in [-0.05, 0) is 59.7 Å². The highest BCUT2D eigenvalue weighted by atomic mass is 35.5. The maximum absolute atomic E-state index is 5.96. The van der Waals surface area contributed by atoms with Gasteiger partial charge in [-0.15, -0.1) is 0 Å². The second-order valence-corrected chi connectivity index (χ2v) is 5.52. The van der Waals surface area contributed by atoms with Crippen molar-refractivity contribution in [2.75, 3.05) is 0 Å². The Kier molecular flexibility index (Phi) is 5.07. The molecule has 0 heterocycles. The summed E-state index contributed by atoms with van der Waals surface area (Å²) in [5.74, 6) is 0.821. The van der Waals surface area contributed by atoms with Gasteiger partial charge in [0.1, 0.15) is 12.4 Å². The summed E-state index contributed by atoms with van der Waals surface area (Å²) in [5.41, 5.74) is 3.02. The van der Waals surface area contributed by atoms with E-state index in [2.05, 4.69) is 4.99 Å². The second-order valence-electron chi connectivity index (χ2n) is 5.08. The lowest BCUT2D eigenvalue weighted by molar-refractivity contribution is 0.306. The highest BCUT2D eigenvalue weighted by Crippen LogP contribution is 2.16. The van der Waals surface area contributed by atoms with E-state index in [4.69, 9.17) is 16.3 Å². The molecule has 3 heteroatoms. The third kappa shape index (κ3) is 4.70. The lowest BCUT2D eigenvalue weighted by atomic mass is 10.2. The maximum Gasteiger partial charge on any atom is 0.119 e. The molecule has 2 nitrogen and oxygen atoms in total. The van der Waals surface area contributed by atoms with Crippen LogP contribution in [0.3, 0.4) is 0 Å². The number of hydrogen-bond donors (Lipinski definition) is 0. The maximum atomic E-state index is 5.96.